The van der Waals surface area contributed by atoms with E-state index < -0.39 is 11.6 Å². The SMILES string of the molecule is CC(C)Cc1nc(-c2ccc(F)c(F)c2)nc(Cl)c1Br. The van der Waals surface area contributed by atoms with Gasteiger partial charge in [-0.25, -0.2) is 18.7 Å². The average molecular weight is 362 g/mol. The van der Waals surface area contributed by atoms with Gasteiger partial charge in [-0.1, -0.05) is 25.4 Å². The zero-order valence-corrected chi connectivity index (χ0v) is 13.3. The molecule has 0 saturated heterocycles. The summed E-state index contributed by atoms with van der Waals surface area (Å²) in [5.41, 5.74) is 1.14. The molecule has 0 aliphatic rings. The van der Waals surface area contributed by atoms with Crippen LogP contribution in [-0.4, -0.2) is 9.97 Å². The molecule has 2 rings (SSSR count). The van der Waals surface area contributed by atoms with Gasteiger partial charge in [0, 0.05) is 5.56 Å². The highest BCUT2D eigenvalue weighted by Gasteiger charge is 2.14. The fraction of sp³-hybridized carbons (Fsp3) is 0.286. The molecule has 2 nitrogen and oxygen atoms in total. The quantitative estimate of drug-likeness (QED) is 0.716. The van der Waals surface area contributed by atoms with Crippen LogP contribution < -0.4 is 0 Å². The third kappa shape index (κ3) is 3.33. The van der Waals surface area contributed by atoms with E-state index in [0.717, 1.165) is 17.8 Å². The Hall–Kier alpha value is -1.07. The summed E-state index contributed by atoms with van der Waals surface area (Å²) in [6.07, 6.45) is 0.708. The molecule has 0 atom stereocenters. The van der Waals surface area contributed by atoms with E-state index in [-0.39, 0.29) is 11.0 Å². The minimum Gasteiger partial charge on any atom is -0.232 e. The van der Waals surface area contributed by atoms with Crippen LogP contribution in [0.15, 0.2) is 22.7 Å². The second-order valence-corrected chi connectivity index (χ2v) is 5.98. The molecule has 106 valence electrons. The van der Waals surface area contributed by atoms with Crippen molar-refractivity contribution in [2.24, 2.45) is 5.92 Å². The van der Waals surface area contributed by atoms with Crippen LogP contribution in [0.3, 0.4) is 0 Å². The summed E-state index contributed by atoms with van der Waals surface area (Å²) in [4.78, 5) is 8.48. The fourth-order valence-corrected chi connectivity index (χ4v) is 2.28. The lowest BCUT2D eigenvalue weighted by Gasteiger charge is -2.10. The number of benzene rings is 1. The standard InChI is InChI=1S/C14H12BrClF2N2/c1-7(2)5-11-12(15)13(16)20-14(19-11)8-3-4-9(17)10(18)6-8/h3-4,6-7H,5H2,1-2H3. The lowest BCUT2D eigenvalue weighted by atomic mass is 10.1. The third-order valence-electron chi connectivity index (χ3n) is 2.66. The molecule has 0 bridgehead atoms. The Morgan fingerprint density at radius 3 is 2.50 bits per heavy atom. The van der Waals surface area contributed by atoms with Crippen molar-refractivity contribution in [2.75, 3.05) is 0 Å². The van der Waals surface area contributed by atoms with E-state index in [1.54, 1.807) is 0 Å². The predicted octanol–water partition coefficient (Wildman–Crippen LogP) is 5.04. The maximum absolute atomic E-state index is 13.3. The van der Waals surface area contributed by atoms with Crippen molar-refractivity contribution >= 4 is 27.5 Å². The number of rotatable bonds is 3. The lowest BCUT2D eigenvalue weighted by molar-refractivity contribution is 0.509. The minimum atomic E-state index is -0.935. The van der Waals surface area contributed by atoms with Crippen molar-refractivity contribution in [3.63, 3.8) is 0 Å². The molecule has 1 aromatic heterocycles. The zero-order valence-electron chi connectivity index (χ0n) is 10.9. The van der Waals surface area contributed by atoms with E-state index in [2.05, 4.69) is 39.7 Å². The van der Waals surface area contributed by atoms with Gasteiger partial charge in [-0.2, -0.15) is 0 Å². The van der Waals surface area contributed by atoms with Gasteiger partial charge in [0.2, 0.25) is 0 Å². The molecule has 2 aromatic rings. The van der Waals surface area contributed by atoms with Gasteiger partial charge >= 0.3 is 0 Å². The third-order valence-corrected chi connectivity index (χ3v) is 3.99. The van der Waals surface area contributed by atoms with Crippen LogP contribution >= 0.6 is 27.5 Å². The maximum atomic E-state index is 13.3. The molecule has 0 radical (unpaired) electrons. The van der Waals surface area contributed by atoms with Crippen molar-refractivity contribution in [1.82, 2.24) is 9.97 Å². The van der Waals surface area contributed by atoms with Crippen LogP contribution in [0.5, 0.6) is 0 Å². The summed E-state index contributed by atoms with van der Waals surface area (Å²) in [5.74, 6) is -1.17. The maximum Gasteiger partial charge on any atom is 0.161 e. The van der Waals surface area contributed by atoms with Gasteiger partial charge in [0.15, 0.2) is 17.5 Å². The molecule has 0 aliphatic heterocycles. The second kappa shape index (κ2) is 6.14. The molecule has 1 heterocycles. The van der Waals surface area contributed by atoms with Crippen LogP contribution in [0, 0.1) is 17.6 Å². The van der Waals surface area contributed by atoms with Crippen LogP contribution in [0.4, 0.5) is 8.78 Å². The summed E-state index contributed by atoms with van der Waals surface area (Å²) < 4.78 is 26.9. The number of halogens is 4. The molecule has 20 heavy (non-hydrogen) atoms. The summed E-state index contributed by atoms with van der Waals surface area (Å²) in [6, 6.07) is 3.54. The first-order chi connectivity index (χ1) is 9.38. The Morgan fingerprint density at radius 1 is 1.20 bits per heavy atom. The van der Waals surface area contributed by atoms with Crippen LogP contribution in [0.2, 0.25) is 5.15 Å². The molecule has 0 N–H and O–H groups in total. The topological polar surface area (TPSA) is 25.8 Å². The van der Waals surface area contributed by atoms with Crippen molar-refractivity contribution in [2.45, 2.75) is 20.3 Å². The highest BCUT2D eigenvalue weighted by molar-refractivity contribution is 9.10. The number of aromatic nitrogens is 2. The first kappa shape index (κ1) is 15.3. The second-order valence-electron chi connectivity index (χ2n) is 4.83. The average Bonchev–Trinajstić information content (AvgIpc) is 2.37. The Morgan fingerprint density at radius 2 is 1.90 bits per heavy atom. The molecule has 0 saturated carbocycles. The smallest absolute Gasteiger partial charge is 0.161 e. The van der Waals surface area contributed by atoms with Gasteiger partial charge in [-0.15, -0.1) is 0 Å². The van der Waals surface area contributed by atoms with E-state index in [9.17, 15) is 8.78 Å². The molecule has 0 fully saturated rings. The zero-order chi connectivity index (χ0) is 14.9. The Kier molecular flexibility index (Phi) is 4.70. The Balaban J connectivity index is 2.51. The van der Waals surface area contributed by atoms with Gasteiger partial charge in [-0.3, -0.25) is 0 Å². The predicted molar refractivity (Wildman–Crippen MR) is 78.6 cm³/mol. The molecule has 1 aromatic carbocycles. The van der Waals surface area contributed by atoms with Crippen LogP contribution in [-0.2, 0) is 6.42 Å². The van der Waals surface area contributed by atoms with E-state index >= 15 is 0 Å². The van der Waals surface area contributed by atoms with Crippen LogP contribution in [0.25, 0.3) is 11.4 Å². The van der Waals surface area contributed by atoms with Crippen molar-refractivity contribution in [1.29, 1.82) is 0 Å². The Labute approximate surface area is 129 Å². The largest absolute Gasteiger partial charge is 0.232 e. The van der Waals surface area contributed by atoms with Crippen LogP contribution in [0.1, 0.15) is 19.5 Å². The van der Waals surface area contributed by atoms with Gasteiger partial charge in [0.25, 0.3) is 0 Å². The molecule has 6 heteroatoms. The Bertz CT molecular complexity index is 647. The number of nitrogens with zero attached hydrogens (tertiary/aromatic N) is 2. The first-order valence-corrected chi connectivity index (χ1v) is 7.23. The summed E-state index contributed by atoms with van der Waals surface area (Å²) in [6.45, 7) is 4.11. The molecule has 0 aliphatic carbocycles. The van der Waals surface area contributed by atoms with E-state index in [1.165, 1.54) is 6.07 Å². The van der Waals surface area contributed by atoms with E-state index in [4.69, 9.17) is 11.6 Å². The molecular formula is C14H12BrClF2N2. The van der Waals surface area contributed by atoms with Gasteiger partial charge < -0.3 is 0 Å². The normalized spacial score (nSPS) is 11.2. The lowest BCUT2D eigenvalue weighted by Crippen LogP contribution is -2.03. The van der Waals surface area contributed by atoms with Crippen molar-refractivity contribution in [3.8, 4) is 11.4 Å². The fourth-order valence-electron chi connectivity index (χ4n) is 1.75. The molecule has 0 unspecified atom stereocenters. The molecule has 0 spiro atoms. The summed E-state index contributed by atoms with van der Waals surface area (Å²) in [5, 5.41) is 0.260. The van der Waals surface area contributed by atoms with Gasteiger partial charge in [0.1, 0.15) is 5.15 Å². The molecular weight excluding hydrogens is 350 g/mol. The van der Waals surface area contributed by atoms with E-state index in [0.29, 0.717) is 22.4 Å². The number of hydrogen-bond donors (Lipinski definition) is 0. The van der Waals surface area contributed by atoms with Gasteiger partial charge in [0.05, 0.1) is 10.2 Å². The summed E-state index contributed by atoms with van der Waals surface area (Å²) >= 11 is 9.41. The van der Waals surface area contributed by atoms with E-state index in [1.807, 2.05) is 0 Å². The monoisotopic (exact) mass is 360 g/mol. The highest BCUT2D eigenvalue weighted by atomic mass is 79.9. The summed E-state index contributed by atoms with van der Waals surface area (Å²) in [7, 11) is 0. The van der Waals surface area contributed by atoms with Crippen molar-refractivity contribution in [3.05, 3.63) is 45.2 Å². The van der Waals surface area contributed by atoms with Gasteiger partial charge in [-0.05, 0) is 46.5 Å². The number of hydrogen-bond acceptors (Lipinski definition) is 2. The first-order valence-electron chi connectivity index (χ1n) is 6.05. The minimum absolute atomic E-state index is 0.260. The highest BCUT2D eigenvalue weighted by Crippen LogP contribution is 2.28. The van der Waals surface area contributed by atoms with Crippen molar-refractivity contribution < 1.29 is 8.78 Å². The molecule has 0 amide bonds.